The summed E-state index contributed by atoms with van der Waals surface area (Å²) in [6.07, 6.45) is 5.96. The summed E-state index contributed by atoms with van der Waals surface area (Å²) in [6.45, 7) is 4.60. The van der Waals surface area contributed by atoms with Gasteiger partial charge in [-0.25, -0.2) is 13.1 Å². The average molecular weight is 416 g/mol. The topological polar surface area (TPSA) is 70.5 Å². The maximum Gasteiger partial charge on any atom is 0.211 e. The zero-order valence-corrected chi connectivity index (χ0v) is 17.8. The minimum Gasteiger partial charge on any atom is -0.370 e. The van der Waals surface area contributed by atoms with E-state index in [9.17, 15) is 8.42 Å². The van der Waals surface area contributed by atoms with Crippen LogP contribution in [0.3, 0.4) is 0 Å². The van der Waals surface area contributed by atoms with Crippen molar-refractivity contribution in [2.75, 3.05) is 49.2 Å². The number of nitrogens with one attached hydrogen (secondary N) is 1. The molecule has 7 nitrogen and oxygen atoms in total. The highest BCUT2D eigenvalue weighted by molar-refractivity contribution is 7.88. The van der Waals surface area contributed by atoms with Crippen LogP contribution in [0.5, 0.6) is 0 Å². The van der Waals surface area contributed by atoms with Gasteiger partial charge in [0.2, 0.25) is 10.0 Å². The van der Waals surface area contributed by atoms with Crippen molar-refractivity contribution in [1.82, 2.24) is 14.1 Å². The van der Waals surface area contributed by atoms with Crippen LogP contribution in [0.25, 0.3) is 0 Å². The van der Waals surface area contributed by atoms with Crippen LogP contribution < -0.4 is 10.2 Å². The Hall–Kier alpha value is -2.06. The summed E-state index contributed by atoms with van der Waals surface area (Å²) < 4.78 is 27.1. The normalized spacial score (nSPS) is 21.9. The molecule has 1 saturated heterocycles. The zero-order chi connectivity index (χ0) is 20.1. The number of nitrogens with zero attached hydrogens (tertiary/aromatic N) is 4. The maximum absolute atomic E-state index is 11.7. The van der Waals surface area contributed by atoms with E-state index in [1.54, 1.807) is 4.31 Å². The van der Waals surface area contributed by atoms with Crippen LogP contribution in [0.1, 0.15) is 36.9 Å². The summed E-state index contributed by atoms with van der Waals surface area (Å²) in [5, 5.41) is 8.41. The molecule has 2 aliphatic heterocycles. The van der Waals surface area contributed by atoms with Crippen LogP contribution in [0, 0.1) is 0 Å². The monoisotopic (exact) mass is 415 g/mol. The van der Waals surface area contributed by atoms with E-state index in [1.165, 1.54) is 29.6 Å². The third kappa shape index (κ3) is 3.32. The van der Waals surface area contributed by atoms with Gasteiger partial charge in [0.1, 0.15) is 5.82 Å². The van der Waals surface area contributed by atoms with Gasteiger partial charge in [0, 0.05) is 56.4 Å². The van der Waals surface area contributed by atoms with Gasteiger partial charge in [-0.3, -0.25) is 0 Å². The van der Waals surface area contributed by atoms with E-state index in [-0.39, 0.29) is 5.41 Å². The Morgan fingerprint density at radius 2 is 1.72 bits per heavy atom. The minimum absolute atomic E-state index is 0.0412. The summed E-state index contributed by atoms with van der Waals surface area (Å²) >= 11 is 0. The molecule has 8 heteroatoms. The first-order valence-corrected chi connectivity index (χ1v) is 12.4. The van der Waals surface area contributed by atoms with E-state index < -0.39 is 10.0 Å². The number of fused-ring (bicyclic) bond motifs is 1. The first-order chi connectivity index (χ1) is 14.0. The Morgan fingerprint density at radius 1 is 1.00 bits per heavy atom. The van der Waals surface area contributed by atoms with E-state index >= 15 is 0 Å². The molecule has 1 aromatic heterocycles. The van der Waals surface area contributed by atoms with Crippen molar-refractivity contribution in [3.63, 3.8) is 0 Å². The maximum atomic E-state index is 11.7. The predicted molar refractivity (Wildman–Crippen MR) is 115 cm³/mol. The van der Waals surface area contributed by atoms with Gasteiger partial charge >= 0.3 is 0 Å². The number of piperazine rings is 1. The van der Waals surface area contributed by atoms with Crippen LogP contribution in [-0.4, -0.2) is 61.5 Å². The number of hydrogen-bond donors (Lipinski definition) is 1. The number of aryl methyl sites for hydroxylation is 1. The second kappa shape index (κ2) is 7.02. The van der Waals surface area contributed by atoms with Crippen molar-refractivity contribution >= 4 is 21.5 Å². The van der Waals surface area contributed by atoms with E-state index in [4.69, 9.17) is 5.10 Å². The molecular formula is C21H29N5O2S. The SMILES string of the molecule is CS(=O)(=O)N1CCN(c2ccc(C3(c4cc5n(n4)CCCN5)CCC3)cc2)CC1. The fourth-order valence-electron chi connectivity index (χ4n) is 4.90. The summed E-state index contributed by atoms with van der Waals surface area (Å²) in [5.74, 6) is 1.15. The van der Waals surface area contributed by atoms with Crippen LogP contribution in [0.15, 0.2) is 30.3 Å². The lowest BCUT2D eigenvalue weighted by Gasteiger charge is -2.41. The molecule has 29 heavy (non-hydrogen) atoms. The van der Waals surface area contributed by atoms with E-state index in [2.05, 4.69) is 45.2 Å². The van der Waals surface area contributed by atoms with Crippen LogP contribution in [0.4, 0.5) is 11.5 Å². The van der Waals surface area contributed by atoms with Crippen molar-refractivity contribution < 1.29 is 8.42 Å². The molecule has 1 aliphatic carbocycles. The van der Waals surface area contributed by atoms with Gasteiger partial charge in [-0.05, 0) is 37.0 Å². The molecule has 3 heterocycles. The van der Waals surface area contributed by atoms with Gasteiger partial charge in [-0.1, -0.05) is 18.6 Å². The molecule has 156 valence electrons. The lowest BCUT2D eigenvalue weighted by atomic mass is 9.62. The summed E-state index contributed by atoms with van der Waals surface area (Å²) in [6, 6.07) is 11.1. The van der Waals surface area contributed by atoms with Crippen molar-refractivity contribution in [1.29, 1.82) is 0 Å². The van der Waals surface area contributed by atoms with Crippen molar-refractivity contribution in [2.24, 2.45) is 0 Å². The molecule has 0 atom stereocenters. The second-order valence-corrected chi connectivity index (χ2v) is 10.5. The minimum atomic E-state index is -3.09. The molecule has 2 aromatic rings. The molecule has 3 aliphatic rings. The molecule has 1 aromatic carbocycles. The highest BCUT2D eigenvalue weighted by Gasteiger charge is 2.43. The van der Waals surface area contributed by atoms with E-state index in [1.807, 2.05) is 0 Å². The van der Waals surface area contributed by atoms with Gasteiger partial charge in [0.25, 0.3) is 0 Å². The lowest BCUT2D eigenvalue weighted by molar-refractivity contribution is 0.290. The van der Waals surface area contributed by atoms with Gasteiger partial charge in [-0.2, -0.15) is 9.40 Å². The number of hydrogen-bond acceptors (Lipinski definition) is 5. The lowest BCUT2D eigenvalue weighted by Crippen LogP contribution is -2.48. The second-order valence-electron chi connectivity index (χ2n) is 8.55. The number of sulfonamides is 1. The molecule has 5 rings (SSSR count). The van der Waals surface area contributed by atoms with Gasteiger partial charge in [0.05, 0.1) is 11.9 Å². The number of benzene rings is 1. The molecule has 2 fully saturated rings. The Kier molecular flexibility index (Phi) is 4.58. The summed E-state index contributed by atoms with van der Waals surface area (Å²) in [7, 11) is -3.09. The molecule has 0 unspecified atom stereocenters. The highest BCUT2D eigenvalue weighted by Crippen LogP contribution is 2.49. The zero-order valence-electron chi connectivity index (χ0n) is 17.0. The first-order valence-electron chi connectivity index (χ1n) is 10.6. The van der Waals surface area contributed by atoms with Crippen LogP contribution in [0.2, 0.25) is 0 Å². The number of anilines is 2. The third-order valence-corrected chi connectivity index (χ3v) is 8.13. The number of rotatable bonds is 4. The van der Waals surface area contributed by atoms with Gasteiger partial charge < -0.3 is 10.2 Å². The highest BCUT2D eigenvalue weighted by atomic mass is 32.2. The van der Waals surface area contributed by atoms with Crippen molar-refractivity contribution in [2.45, 2.75) is 37.6 Å². The summed E-state index contributed by atoms with van der Waals surface area (Å²) in [4.78, 5) is 2.28. The predicted octanol–water partition coefficient (Wildman–Crippen LogP) is 2.25. The fraction of sp³-hybridized carbons (Fsp3) is 0.571. The molecule has 0 bridgehead atoms. The Bertz CT molecular complexity index is 963. The molecule has 1 saturated carbocycles. The molecule has 0 spiro atoms. The Morgan fingerprint density at radius 3 is 2.31 bits per heavy atom. The molecule has 0 radical (unpaired) electrons. The van der Waals surface area contributed by atoms with E-state index in [0.29, 0.717) is 13.1 Å². The van der Waals surface area contributed by atoms with Crippen molar-refractivity contribution in [3.05, 3.63) is 41.6 Å². The largest absolute Gasteiger partial charge is 0.370 e. The molecule has 1 N–H and O–H groups in total. The Labute approximate surface area is 172 Å². The van der Waals surface area contributed by atoms with Crippen LogP contribution >= 0.6 is 0 Å². The standard InChI is InChI=1S/C21H29N5O2S/c1-29(27,28)25-14-12-24(13-15-25)18-6-4-17(5-7-18)21(8-2-9-21)19-16-20-22-10-3-11-26(20)23-19/h4-7,16,22H,2-3,8-15H2,1H3. The molecule has 0 amide bonds. The van der Waals surface area contributed by atoms with Gasteiger partial charge in [-0.15, -0.1) is 0 Å². The first kappa shape index (κ1) is 18.9. The molecular weight excluding hydrogens is 386 g/mol. The van der Waals surface area contributed by atoms with E-state index in [0.717, 1.165) is 51.3 Å². The third-order valence-electron chi connectivity index (χ3n) is 6.82. The quantitative estimate of drug-likeness (QED) is 0.829. The number of aromatic nitrogens is 2. The Balaban J connectivity index is 1.35. The average Bonchev–Trinajstić information content (AvgIpc) is 3.11. The van der Waals surface area contributed by atoms with Crippen LogP contribution in [-0.2, 0) is 22.0 Å². The smallest absolute Gasteiger partial charge is 0.211 e. The fourth-order valence-corrected chi connectivity index (χ4v) is 5.73. The van der Waals surface area contributed by atoms with Crippen molar-refractivity contribution in [3.8, 4) is 0 Å². The summed E-state index contributed by atoms with van der Waals surface area (Å²) in [5.41, 5.74) is 3.75. The van der Waals surface area contributed by atoms with Gasteiger partial charge in [0.15, 0.2) is 0 Å².